The van der Waals surface area contributed by atoms with E-state index in [0.29, 0.717) is 43.2 Å². The molecule has 4 rings (SSSR count). The number of hydrogen-bond acceptors (Lipinski definition) is 3. The van der Waals surface area contributed by atoms with E-state index in [9.17, 15) is 13.2 Å². The van der Waals surface area contributed by atoms with Gasteiger partial charge in [-0.15, -0.1) is 0 Å². The summed E-state index contributed by atoms with van der Waals surface area (Å²) in [7, 11) is 1.60. The lowest BCUT2D eigenvalue weighted by Crippen LogP contribution is -2.31. The van der Waals surface area contributed by atoms with Gasteiger partial charge in [0.15, 0.2) is 0 Å². The number of nitrogens with zero attached hydrogens (tertiary/aromatic N) is 1. The number of alkyl halides is 3. The standard InChI is InChI=1S/C32H31ClF3NO2/c1-38-27-16-9-17-28(21-27)39-20-10-19-37(22-26-15-8-18-30(31(26)33)32(34,35)36)23-29(24-11-4-2-5-12-24)25-13-6-3-7-14-25/h2-9,11-18,21,29H,10,19-20,22-23H2,1H3. The van der Waals surface area contributed by atoms with Crippen LogP contribution in [-0.4, -0.2) is 31.7 Å². The van der Waals surface area contributed by atoms with Gasteiger partial charge in [0.05, 0.1) is 24.3 Å². The maximum Gasteiger partial charge on any atom is 0.417 e. The van der Waals surface area contributed by atoms with Crippen LogP contribution >= 0.6 is 11.6 Å². The Labute approximate surface area is 232 Å². The molecule has 0 spiro atoms. The second kappa shape index (κ2) is 13.5. The van der Waals surface area contributed by atoms with Gasteiger partial charge in [0.2, 0.25) is 0 Å². The maximum absolute atomic E-state index is 13.6. The van der Waals surface area contributed by atoms with Gasteiger partial charge in [0.1, 0.15) is 11.5 Å². The topological polar surface area (TPSA) is 21.7 Å². The molecule has 0 saturated heterocycles. The Bertz CT molecular complexity index is 1280. The molecule has 0 aliphatic carbocycles. The second-order valence-electron chi connectivity index (χ2n) is 9.27. The van der Waals surface area contributed by atoms with Crippen LogP contribution < -0.4 is 9.47 Å². The first-order valence-electron chi connectivity index (χ1n) is 12.8. The largest absolute Gasteiger partial charge is 0.497 e. The van der Waals surface area contributed by atoms with Crippen molar-refractivity contribution in [1.29, 1.82) is 0 Å². The summed E-state index contributed by atoms with van der Waals surface area (Å²) in [6.07, 6.45) is -3.84. The molecule has 204 valence electrons. The number of benzene rings is 4. The van der Waals surface area contributed by atoms with Gasteiger partial charge in [-0.05, 0) is 41.3 Å². The molecule has 0 radical (unpaired) electrons. The number of hydrogen-bond donors (Lipinski definition) is 0. The van der Waals surface area contributed by atoms with Crippen molar-refractivity contribution in [1.82, 2.24) is 4.90 Å². The van der Waals surface area contributed by atoms with E-state index in [0.717, 1.165) is 17.2 Å². The molecule has 7 heteroatoms. The Morgan fingerprint density at radius 2 is 1.41 bits per heavy atom. The van der Waals surface area contributed by atoms with E-state index in [1.165, 1.54) is 6.07 Å². The van der Waals surface area contributed by atoms with Gasteiger partial charge in [-0.2, -0.15) is 13.2 Å². The third kappa shape index (κ3) is 8.01. The molecule has 0 heterocycles. The van der Waals surface area contributed by atoms with E-state index in [4.69, 9.17) is 21.1 Å². The summed E-state index contributed by atoms with van der Waals surface area (Å²) in [4.78, 5) is 2.15. The lowest BCUT2D eigenvalue weighted by atomic mass is 9.90. The molecular formula is C32H31ClF3NO2. The third-order valence-corrected chi connectivity index (χ3v) is 7.00. The van der Waals surface area contributed by atoms with Crippen LogP contribution in [0.1, 0.15) is 34.6 Å². The fourth-order valence-electron chi connectivity index (χ4n) is 4.60. The molecule has 0 aliphatic rings. The van der Waals surface area contributed by atoms with Crippen LogP contribution in [0.25, 0.3) is 0 Å². The van der Waals surface area contributed by atoms with Crippen molar-refractivity contribution in [3.8, 4) is 11.5 Å². The first-order valence-corrected chi connectivity index (χ1v) is 13.2. The van der Waals surface area contributed by atoms with Crippen LogP contribution in [0.3, 0.4) is 0 Å². The number of rotatable bonds is 12. The molecule has 0 aromatic heterocycles. The van der Waals surface area contributed by atoms with Crippen molar-refractivity contribution in [3.63, 3.8) is 0 Å². The van der Waals surface area contributed by atoms with Crippen molar-refractivity contribution in [3.05, 3.63) is 130 Å². The third-order valence-electron chi connectivity index (χ3n) is 6.55. The fraction of sp³-hybridized carbons (Fsp3) is 0.250. The van der Waals surface area contributed by atoms with Crippen molar-refractivity contribution in [2.75, 3.05) is 26.8 Å². The SMILES string of the molecule is COc1cccc(OCCCN(Cc2cccc(C(F)(F)F)c2Cl)CC(c2ccccc2)c2ccccc2)c1. The Morgan fingerprint density at radius 3 is 2.03 bits per heavy atom. The van der Waals surface area contributed by atoms with Crippen LogP contribution in [0, 0.1) is 0 Å². The molecule has 0 amide bonds. The Morgan fingerprint density at radius 1 is 0.795 bits per heavy atom. The van der Waals surface area contributed by atoms with Crippen molar-refractivity contribution in [2.24, 2.45) is 0 Å². The Balaban J connectivity index is 1.56. The monoisotopic (exact) mass is 553 g/mol. The predicted molar refractivity (Wildman–Crippen MR) is 150 cm³/mol. The van der Waals surface area contributed by atoms with E-state index in [2.05, 4.69) is 29.2 Å². The molecule has 4 aromatic carbocycles. The molecule has 0 aliphatic heterocycles. The molecule has 0 saturated carbocycles. The summed E-state index contributed by atoms with van der Waals surface area (Å²) in [5, 5.41) is -0.251. The minimum absolute atomic E-state index is 0.0243. The summed E-state index contributed by atoms with van der Waals surface area (Å²) >= 11 is 6.29. The van der Waals surface area contributed by atoms with Crippen LogP contribution in [0.2, 0.25) is 5.02 Å². The average Bonchev–Trinajstić information content (AvgIpc) is 2.95. The van der Waals surface area contributed by atoms with Gasteiger partial charge in [-0.1, -0.05) is 90.5 Å². The lowest BCUT2D eigenvalue weighted by molar-refractivity contribution is -0.137. The quantitative estimate of drug-likeness (QED) is 0.164. The van der Waals surface area contributed by atoms with Gasteiger partial charge in [-0.25, -0.2) is 0 Å². The second-order valence-corrected chi connectivity index (χ2v) is 9.64. The first-order chi connectivity index (χ1) is 18.8. The van der Waals surface area contributed by atoms with Gasteiger partial charge >= 0.3 is 6.18 Å². The number of methoxy groups -OCH3 is 1. The van der Waals surface area contributed by atoms with Crippen LogP contribution in [0.15, 0.2) is 103 Å². The normalized spacial score (nSPS) is 11.7. The fourth-order valence-corrected chi connectivity index (χ4v) is 4.89. The highest BCUT2D eigenvalue weighted by Gasteiger charge is 2.34. The van der Waals surface area contributed by atoms with E-state index >= 15 is 0 Å². The molecule has 0 fully saturated rings. The number of halogens is 4. The molecule has 0 N–H and O–H groups in total. The van der Waals surface area contributed by atoms with Crippen molar-refractivity contribution < 1.29 is 22.6 Å². The average molecular weight is 554 g/mol. The van der Waals surface area contributed by atoms with Gasteiger partial charge in [-0.3, -0.25) is 4.90 Å². The zero-order valence-corrected chi connectivity index (χ0v) is 22.5. The molecule has 0 unspecified atom stereocenters. The molecule has 3 nitrogen and oxygen atoms in total. The zero-order valence-electron chi connectivity index (χ0n) is 21.7. The predicted octanol–water partition coefficient (Wildman–Crippen LogP) is 8.47. The minimum atomic E-state index is -4.51. The highest BCUT2D eigenvalue weighted by atomic mass is 35.5. The molecule has 0 bridgehead atoms. The highest BCUT2D eigenvalue weighted by Crippen LogP contribution is 2.37. The van der Waals surface area contributed by atoms with Crippen LogP contribution in [-0.2, 0) is 12.7 Å². The van der Waals surface area contributed by atoms with E-state index in [1.807, 2.05) is 60.7 Å². The smallest absolute Gasteiger partial charge is 0.417 e. The van der Waals surface area contributed by atoms with E-state index in [1.54, 1.807) is 13.2 Å². The lowest BCUT2D eigenvalue weighted by Gasteiger charge is -2.29. The summed E-state index contributed by atoms with van der Waals surface area (Å²) in [5.41, 5.74) is 1.90. The first kappa shape index (κ1) is 28.5. The molecule has 0 atom stereocenters. The van der Waals surface area contributed by atoms with Gasteiger partial charge in [0.25, 0.3) is 0 Å². The van der Waals surface area contributed by atoms with Gasteiger partial charge < -0.3 is 9.47 Å². The maximum atomic E-state index is 13.6. The minimum Gasteiger partial charge on any atom is -0.497 e. The van der Waals surface area contributed by atoms with Gasteiger partial charge in [0, 0.05) is 31.6 Å². The summed E-state index contributed by atoms with van der Waals surface area (Å²) in [6.45, 7) is 1.92. The number of ether oxygens (including phenoxy) is 2. The summed E-state index contributed by atoms with van der Waals surface area (Å²) < 4.78 is 51.9. The zero-order chi connectivity index (χ0) is 27.7. The molecular weight excluding hydrogens is 523 g/mol. The van der Waals surface area contributed by atoms with E-state index < -0.39 is 11.7 Å². The molecule has 39 heavy (non-hydrogen) atoms. The summed E-state index contributed by atoms with van der Waals surface area (Å²) in [6, 6.07) is 31.8. The Kier molecular flexibility index (Phi) is 9.90. The molecule has 4 aromatic rings. The van der Waals surface area contributed by atoms with Crippen molar-refractivity contribution >= 4 is 11.6 Å². The highest BCUT2D eigenvalue weighted by molar-refractivity contribution is 6.32. The summed E-state index contributed by atoms with van der Waals surface area (Å²) in [5.74, 6) is 1.44. The van der Waals surface area contributed by atoms with Crippen LogP contribution in [0.4, 0.5) is 13.2 Å². The van der Waals surface area contributed by atoms with Crippen molar-refractivity contribution in [2.45, 2.75) is 25.1 Å². The Hall–Kier alpha value is -3.48. The van der Waals surface area contributed by atoms with E-state index in [-0.39, 0.29) is 17.5 Å². The van der Waals surface area contributed by atoms with Crippen LogP contribution in [0.5, 0.6) is 11.5 Å².